The highest BCUT2D eigenvalue weighted by Crippen LogP contribution is 2.42. The number of alkyl halides is 2. The van der Waals surface area contributed by atoms with Crippen LogP contribution in [-0.2, 0) is 4.74 Å². The first-order chi connectivity index (χ1) is 8.54. The van der Waals surface area contributed by atoms with Gasteiger partial charge in [-0.25, -0.2) is 18.6 Å². The molecule has 1 atom stereocenters. The summed E-state index contributed by atoms with van der Waals surface area (Å²) in [6.07, 6.45) is -0.752. The third kappa shape index (κ3) is 2.52. The molecule has 1 unspecified atom stereocenters. The lowest BCUT2D eigenvalue weighted by Gasteiger charge is -2.03. The Bertz CT molecular complexity index is 441. The maximum absolute atomic E-state index is 12.8. The Balaban J connectivity index is 2.28. The van der Waals surface area contributed by atoms with E-state index in [1.807, 2.05) is 6.92 Å². The Kier molecular flexibility index (Phi) is 3.63. The second kappa shape index (κ2) is 5.04. The Morgan fingerprint density at radius 1 is 1.56 bits per heavy atom. The van der Waals surface area contributed by atoms with Gasteiger partial charge < -0.3 is 9.15 Å². The monoisotopic (exact) mass is 259 g/mol. The van der Waals surface area contributed by atoms with E-state index in [1.54, 1.807) is 6.92 Å². The number of rotatable bonds is 5. The van der Waals surface area contributed by atoms with E-state index in [9.17, 15) is 13.6 Å². The van der Waals surface area contributed by atoms with Crippen molar-refractivity contribution in [1.29, 1.82) is 0 Å². The van der Waals surface area contributed by atoms with Crippen molar-refractivity contribution in [2.75, 3.05) is 6.61 Å². The molecule has 1 fully saturated rings. The van der Waals surface area contributed by atoms with Crippen LogP contribution in [0.15, 0.2) is 4.42 Å². The second-order valence-corrected chi connectivity index (χ2v) is 4.41. The van der Waals surface area contributed by atoms with E-state index >= 15 is 0 Å². The number of halogens is 2. The van der Waals surface area contributed by atoms with E-state index in [4.69, 9.17) is 4.42 Å². The summed E-state index contributed by atoms with van der Waals surface area (Å²) in [5.41, 5.74) is -0.615. The summed E-state index contributed by atoms with van der Waals surface area (Å²) in [6.45, 7) is 3.58. The molecular formula is C12H15F2NO3. The maximum Gasteiger partial charge on any atom is 0.376 e. The first-order valence-corrected chi connectivity index (χ1v) is 6.00. The number of hydrogen-bond acceptors (Lipinski definition) is 4. The smallest absolute Gasteiger partial charge is 0.376 e. The first kappa shape index (κ1) is 13.0. The van der Waals surface area contributed by atoms with Crippen LogP contribution in [0, 0.1) is 5.92 Å². The quantitative estimate of drug-likeness (QED) is 0.761. The summed E-state index contributed by atoms with van der Waals surface area (Å²) in [6, 6.07) is 0. The van der Waals surface area contributed by atoms with Gasteiger partial charge in [-0.05, 0) is 25.7 Å². The van der Waals surface area contributed by atoms with Crippen LogP contribution in [0.1, 0.15) is 61.2 Å². The third-order valence-electron chi connectivity index (χ3n) is 3.06. The van der Waals surface area contributed by atoms with E-state index in [1.165, 1.54) is 0 Å². The van der Waals surface area contributed by atoms with Crippen molar-refractivity contribution >= 4 is 5.97 Å². The van der Waals surface area contributed by atoms with Crippen LogP contribution in [0.4, 0.5) is 8.78 Å². The number of aromatic nitrogens is 1. The molecule has 2 rings (SSSR count). The van der Waals surface area contributed by atoms with Gasteiger partial charge in [0.05, 0.1) is 6.61 Å². The van der Waals surface area contributed by atoms with Gasteiger partial charge in [0.15, 0.2) is 11.6 Å². The van der Waals surface area contributed by atoms with Crippen LogP contribution in [-0.4, -0.2) is 17.6 Å². The lowest BCUT2D eigenvalue weighted by molar-refractivity contribution is 0.0473. The number of carbonyl (C=O) groups excluding carboxylic acids is 1. The summed E-state index contributed by atoms with van der Waals surface area (Å²) in [5.74, 6) is -0.755. The van der Waals surface area contributed by atoms with Gasteiger partial charge in [0.2, 0.25) is 5.76 Å². The lowest BCUT2D eigenvalue weighted by atomic mass is 10.1. The number of oxazole rings is 1. The Morgan fingerprint density at radius 3 is 2.72 bits per heavy atom. The molecule has 0 spiro atoms. The first-order valence-electron chi connectivity index (χ1n) is 6.00. The lowest BCUT2D eigenvalue weighted by Crippen LogP contribution is -2.06. The van der Waals surface area contributed by atoms with E-state index < -0.39 is 23.8 Å². The highest BCUT2D eigenvalue weighted by atomic mass is 19.3. The molecule has 1 aromatic heterocycles. The minimum atomic E-state index is -2.84. The number of esters is 1. The van der Waals surface area contributed by atoms with Gasteiger partial charge in [0, 0.05) is 5.92 Å². The zero-order chi connectivity index (χ0) is 13.3. The number of carbonyl (C=O) groups is 1. The van der Waals surface area contributed by atoms with Crippen molar-refractivity contribution in [3.05, 3.63) is 17.3 Å². The van der Waals surface area contributed by atoms with Gasteiger partial charge >= 0.3 is 5.97 Å². The molecule has 0 radical (unpaired) electrons. The largest absolute Gasteiger partial charge is 0.460 e. The molecule has 1 saturated carbocycles. The van der Waals surface area contributed by atoms with Crippen LogP contribution in [0.5, 0.6) is 0 Å². The van der Waals surface area contributed by atoms with Crippen molar-refractivity contribution in [3.63, 3.8) is 0 Å². The topological polar surface area (TPSA) is 52.3 Å². The molecule has 0 aliphatic heterocycles. The van der Waals surface area contributed by atoms with Gasteiger partial charge in [-0.3, -0.25) is 0 Å². The predicted octanol–water partition coefficient (Wildman–Crippen LogP) is 3.30. The average Bonchev–Trinajstić information content (AvgIpc) is 3.06. The highest BCUT2D eigenvalue weighted by molar-refractivity contribution is 5.87. The Labute approximate surface area is 103 Å². The molecule has 1 aromatic rings. The zero-order valence-electron chi connectivity index (χ0n) is 10.3. The molecule has 1 aliphatic rings. The van der Waals surface area contributed by atoms with Crippen molar-refractivity contribution in [2.45, 2.75) is 39.0 Å². The van der Waals surface area contributed by atoms with Crippen LogP contribution in [0.25, 0.3) is 0 Å². The van der Waals surface area contributed by atoms with E-state index in [0.717, 1.165) is 12.8 Å². The van der Waals surface area contributed by atoms with Gasteiger partial charge in [-0.2, -0.15) is 0 Å². The van der Waals surface area contributed by atoms with Gasteiger partial charge in [0.25, 0.3) is 6.43 Å². The summed E-state index contributed by atoms with van der Waals surface area (Å²) in [5, 5.41) is 0. The number of nitrogens with zero attached hydrogens (tertiary/aromatic N) is 1. The van der Waals surface area contributed by atoms with E-state index in [-0.39, 0.29) is 18.4 Å². The standard InChI is InChI=1S/C12H15F2NO3/c1-3-17-12(16)9-8(10(13)14)15-11(18-9)6(2)7-4-5-7/h6-7,10H,3-5H2,1-2H3. The number of ether oxygens (including phenoxy) is 1. The molecule has 0 aromatic carbocycles. The van der Waals surface area contributed by atoms with Gasteiger partial charge in [0.1, 0.15) is 0 Å². The molecule has 1 aliphatic carbocycles. The Morgan fingerprint density at radius 2 is 2.22 bits per heavy atom. The van der Waals surface area contributed by atoms with Crippen molar-refractivity contribution < 1.29 is 22.7 Å². The fourth-order valence-electron chi connectivity index (χ4n) is 1.83. The Hall–Kier alpha value is -1.46. The van der Waals surface area contributed by atoms with Crippen molar-refractivity contribution in [1.82, 2.24) is 4.98 Å². The molecule has 100 valence electrons. The zero-order valence-corrected chi connectivity index (χ0v) is 10.3. The van der Waals surface area contributed by atoms with Crippen molar-refractivity contribution in [2.24, 2.45) is 5.92 Å². The van der Waals surface area contributed by atoms with E-state index in [2.05, 4.69) is 9.72 Å². The van der Waals surface area contributed by atoms with E-state index in [0.29, 0.717) is 5.92 Å². The summed E-state index contributed by atoms with van der Waals surface area (Å²) < 4.78 is 35.5. The molecule has 6 heteroatoms. The highest BCUT2D eigenvalue weighted by Gasteiger charge is 2.35. The predicted molar refractivity (Wildman–Crippen MR) is 58.6 cm³/mol. The van der Waals surface area contributed by atoms with Crippen LogP contribution < -0.4 is 0 Å². The molecule has 0 N–H and O–H groups in total. The summed E-state index contributed by atoms with van der Waals surface area (Å²) in [7, 11) is 0. The van der Waals surface area contributed by atoms with Crippen LogP contribution in [0.2, 0.25) is 0 Å². The van der Waals surface area contributed by atoms with Gasteiger partial charge in [-0.15, -0.1) is 0 Å². The maximum atomic E-state index is 12.8. The van der Waals surface area contributed by atoms with Crippen LogP contribution in [0.3, 0.4) is 0 Å². The fourth-order valence-corrected chi connectivity index (χ4v) is 1.83. The number of hydrogen-bond donors (Lipinski definition) is 0. The molecule has 0 saturated heterocycles. The molecule has 0 amide bonds. The fraction of sp³-hybridized carbons (Fsp3) is 0.667. The molecule has 0 bridgehead atoms. The molecular weight excluding hydrogens is 244 g/mol. The summed E-state index contributed by atoms with van der Waals surface area (Å²) in [4.78, 5) is 15.3. The normalized spacial score (nSPS) is 16.9. The average molecular weight is 259 g/mol. The minimum Gasteiger partial charge on any atom is -0.460 e. The molecule has 4 nitrogen and oxygen atoms in total. The summed E-state index contributed by atoms with van der Waals surface area (Å²) >= 11 is 0. The SMILES string of the molecule is CCOC(=O)c1oc(C(C)C2CC2)nc1C(F)F. The van der Waals surface area contributed by atoms with Crippen molar-refractivity contribution in [3.8, 4) is 0 Å². The third-order valence-corrected chi connectivity index (χ3v) is 3.06. The molecule has 1 heterocycles. The molecule has 18 heavy (non-hydrogen) atoms. The second-order valence-electron chi connectivity index (χ2n) is 4.41. The van der Waals surface area contributed by atoms with Gasteiger partial charge in [-0.1, -0.05) is 6.92 Å². The minimum absolute atomic E-state index is 0.0364. The van der Waals surface area contributed by atoms with Crippen LogP contribution >= 0.6 is 0 Å².